The molecule has 17 heteroatoms. The van der Waals surface area contributed by atoms with Gasteiger partial charge in [0.05, 0.1) is 51.9 Å². The van der Waals surface area contributed by atoms with Crippen LogP contribution in [0.5, 0.6) is 5.88 Å². The van der Waals surface area contributed by atoms with Gasteiger partial charge in [-0.15, -0.1) is 0 Å². The molecule has 15 nitrogen and oxygen atoms in total. The molecule has 2 aliphatic heterocycles. The molecule has 0 spiro atoms. The first kappa shape index (κ1) is 41.5. The minimum atomic E-state index is -0.722. The number of anilines is 1. The molecular formula is C43H48Cl2N8O7. The van der Waals surface area contributed by atoms with E-state index in [0.717, 1.165) is 50.2 Å². The third-order valence-corrected chi connectivity index (χ3v) is 12.8. The highest BCUT2D eigenvalue weighted by Gasteiger charge is 2.71. The zero-order valence-electron chi connectivity index (χ0n) is 34.2. The van der Waals surface area contributed by atoms with Crippen molar-refractivity contribution >= 4 is 52.8 Å². The Bertz CT molecular complexity index is 2390. The number of hydrogen-bond donors (Lipinski definition) is 3. The number of carboxylic acids is 1. The summed E-state index contributed by atoms with van der Waals surface area (Å²) in [6, 6.07) is 10.3. The summed E-state index contributed by atoms with van der Waals surface area (Å²) >= 11 is 14.0. The maximum Gasteiger partial charge on any atom is 0.410 e. The summed E-state index contributed by atoms with van der Waals surface area (Å²) in [5, 5.41) is 15.9. The van der Waals surface area contributed by atoms with Gasteiger partial charge in [-0.3, -0.25) is 24.3 Å². The van der Waals surface area contributed by atoms with Crippen molar-refractivity contribution in [2.75, 3.05) is 32.1 Å². The van der Waals surface area contributed by atoms with Crippen LogP contribution < -0.4 is 15.4 Å². The molecule has 4 fully saturated rings. The van der Waals surface area contributed by atoms with Crippen LogP contribution in [0, 0.1) is 10.8 Å². The Morgan fingerprint density at radius 1 is 1.05 bits per heavy atom. The Morgan fingerprint density at radius 2 is 1.82 bits per heavy atom. The third kappa shape index (κ3) is 7.90. The van der Waals surface area contributed by atoms with Crippen molar-refractivity contribution in [3.8, 4) is 28.4 Å². The van der Waals surface area contributed by atoms with Crippen molar-refractivity contribution in [2.45, 2.75) is 84.0 Å². The predicted molar refractivity (Wildman–Crippen MR) is 224 cm³/mol. The number of carbonyl (C=O) groups is 4. The zero-order chi connectivity index (χ0) is 42.7. The van der Waals surface area contributed by atoms with Crippen LogP contribution in [0.25, 0.3) is 22.5 Å². The van der Waals surface area contributed by atoms with Crippen molar-refractivity contribution in [2.24, 2.45) is 17.9 Å². The maximum absolute atomic E-state index is 13.8. The number of aliphatic carboxylic acids is 1. The maximum atomic E-state index is 13.8. The van der Waals surface area contributed by atoms with Crippen LogP contribution in [-0.4, -0.2) is 96.7 Å². The van der Waals surface area contributed by atoms with Crippen LogP contribution in [0.1, 0.15) is 80.4 Å². The average molecular weight is 860 g/mol. The van der Waals surface area contributed by atoms with Gasteiger partial charge in [0.1, 0.15) is 5.60 Å². The lowest BCUT2D eigenvalue weighted by Crippen LogP contribution is -2.68. The van der Waals surface area contributed by atoms with E-state index in [1.54, 1.807) is 62.2 Å². The lowest BCUT2D eigenvalue weighted by Gasteiger charge is -2.69. The number of nitrogens with one attached hydrogen (secondary N) is 2. The summed E-state index contributed by atoms with van der Waals surface area (Å²) in [7, 11) is 3.33. The van der Waals surface area contributed by atoms with Crippen LogP contribution in [0.3, 0.4) is 0 Å². The highest BCUT2D eigenvalue weighted by molar-refractivity contribution is 6.39. The summed E-state index contributed by atoms with van der Waals surface area (Å²) in [6.07, 6.45) is 5.04. The molecule has 0 unspecified atom stereocenters. The number of methoxy groups -OCH3 is 1. The number of fused-ring (bicyclic) bond motifs is 1. The molecule has 4 aromatic rings. The number of halogens is 2. The van der Waals surface area contributed by atoms with E-state index in [1.807, 2.05) is 17.7 Å². The number of imidazole rings is 1. The topological polar surface area (TPSA) is 181 Å². The number of ether oxygens (including phenoxy) is 2. The first-order valence-corrected chi connectivity index (χ1v) is 20.8. The van der Waals surface area contributed by atoms with Crippen LogP contribution in [0.15, 0.2) is 42.6 Å². The monoisotopic (exact) mass is 858 g/mol. The largest absolute Gasteiger partial charge is 0.481 e. The molecule has 5 heterocycles. The second-order valence-corrected chi connectivity index (χ2v) is 18.4. The highest BCUT2D eigenvalue weighted by atomic mass is 35.5. The molecule has 5 aliphatic rings. The van der Waals surface area contributed by atoms with E-state index < -0.39 is 29.0 Å². The summed E-state index contributed by atoms with van der Waals surface area (Å²) in [6.45, 7) is 8.03. The third-order valence-electron chi connectivity index (χ3n) is 12.0. The highest BCUT2D eigenvalue weighted by Crippen LogP contribution is 2.73. The molecule has 3 saturated carbocycles. The lowest BCUT2D eigenvalue weighted by molar-refractivity contribution is -0.228. The lowest BCUT2D eigenvalue weighted by atomic mass is 9.35. The number of amides is 3. The summed E-state index contributed by atoms with van der Waals surface area (Å²) in [5.74, 6) is -0.602. The molecule has 3 N–H and O–H groups in total. The van der Waals surface area contributed by atoms with E-state index in [9.17, 15) is 24.3 Å². The normalized spacial score (nSPS) is 21.9. The van der Waals surface area contributed by atoms with Gasteiger partial charge in [0.15, 0.2) is 5.82 Å². The van der Waals surface area contributed by atoms with Gasteiger partial charge in [-0.25, -0.2) is 14.8 Å². The predicted octanol–water partition coefficient (Wildman–Crippen LogP) is 6.74. The second-order valence-electron chi connectivity index (χ2n) is 17.6. The van der Waals surface area contributed by atoms with Crippen LogP contribution in [0.2, 0.25) is 10.0 Å². The molecule has 2 bridgehead atoms. The van der Waals surface area contributed by atoms with Gasteiger partial charge in [0.2, 0.25) is 11.8 Å². The molecule has 3 amide bonds. The van der Waals surface area contributed by atoms with Gasteiger partial charge in [0.25, 0.3) is 5.91 Å². The molecule has 3 aromatic heterocycles. The zero-order valence-corrected chi connectivity index (χ0v) is 35.7. The van der Waals surface area contributed by atoms with E-state index in [2.05, 4.69) is 20.5 Å². The van der Waals surface area contributed by atoms with Gasteiger partial charge >= 0.3 is 12.1 Å². The second kappa shape index (κ2) is 15.7. The molecule has 1 atom stereocenters. The molecule has 1 saturated heterocycles. The fraction of sp³-hybridized carbons (Fsp3) is 0.465. The van der Waals surface area contributed by atoms with E-state index in [0.29, 0.717) is 53.2 Å². The van der Waals surface area contributed by atoms with Gasteiger partial charge in [0, 0.05) is 80.7 Å². The Kier molecular flexibility index (Phi) is 10.8. The molecule has 3 aliphatic carbocycles. The smallest absolute Gasteiger partial charge is 0.410 e. The minimum absolute atomic E-state index is 0.0504. The summed E-state index contributed by atoms with van der Waals surface area (Å²) in [4.78, 5) is 68.5. The molecule has 0 radical (unpaired) electrons. The van der Waals surface area contributed by atoms with Crippen molar-refractivity contribution in [1.82, 2.24) is 34.6 Å². The standard InChI is InChI=1S/C43H48Cl2N8O7/c1-41(2,3)60-40(58)53(18-25-10-12-32(54)47-25)17-24-9-11-28(50-38(24)59-5)26-13-15-46-35(34(26)45)27-7-6-8-29(33(27)44)49-37(55)36-48-30-19-52(16-14-31(30)51(36)4)23-42-20-43(21-42,22-42)39(56)57/h6-9,11,13,15,25H,10,12,14,16-23H2,1-5H3,(H,47,54)(H,49,55)(H,56,57)/t25-,42?,43?/m0/s1. The van der Waals surface area contributed by atoms with Crippen LogP contribution in [0.4, 0.5) is 10.5 Å². The molecular weight excluding hydrogens is 811 g/mol. The summed E-state index contributed by atoms with van der Waals surface area (Å²) in [5.41, 5.74) is 3.59. The number of aromatic nitrogens is 4. The van der Waals surface area contributed by atoms with Crippen molar-refractivity contribution in [3.05, 3.63) is 75.4 Å². The number of benzene rings is 1. The van der Waals surface area contributed by atoms with Crippen LogP contribution in [-0.2, 0) is 40.9 Å². The van der Waals surface area contributed by atoms with Crippen molar-refractivity contribution < 1.29 is 33.8 Å². The summed E-state index contributed by atoms with van der Waals surface area (Å²) < 4.78 is 13.2. The van der Waals surface area contributed by atoms with E-state index in [-0.39, 0.29) is 52.2 Å². The molecule has 60 heavy (non-hydrogen) atoms. The Labute approximate surface area is 357 Å². The average Bonchev–Trinajstić information content (AvgIpc) is 3.73. The Hall–Kier alpha value is -5.25. The van der Waals surface area contributed by atoms with Crippen molar-refractivity contribution in [3.63, 3.8) is 0 Å². The van der Waals surface area contributed by atoms with Gasteiger partial charge in [-0.05, 0) is 76.1 Å². The Morgan fingerprint density at radius 3 is 2.50 bits per heavy atom. The minimum Gasteiger partial charge on any atom is -0.481 e. The SMILES string of the molecule is COc1nc(-c2ccnc(-c3cccc(NC(=O)c4nc5c(n4C)CCN(CC46CC(C(=O)O)(C4)C6)C5)c3Cl)c2Cl)ccc1CN(C[C@@H]1CCC(=O)N1)C(=O)OC(C)(C)C. The molecule has 9 rings (SSSR count). The number of carbonyl (C=O) groups excluding carboxylic acids is 3. The van der Waals surface area contributed by atoms with Gasteiger partial charge in [-0.1, -0.05) is 35.3 Å². The number of rotatable bonds is 12. The number of pyridine rings is 2. The molecule has 1 aromatic carbocycles. The fourth-order valence-electron chi connectivity index (χ4n) is 9.34. The first-order valence-electron chi connectivity index (χ1n) is 20.0. The van der Waals surface area contributed by atoms with Crippen molar-refractivity contribution in [1.29, 1.82) is 0 Å². The number of carboxylic acid groups (broad SMARTS) is 1. The van der Waals surface area contributed by atoms with Gasteiger partial charge in [-0.2, -0.15) is 0 Å². The quantitative estimate of drug-likeness (QED) is 0.137. The van der Waals surface area contributed by atoms with E-state index in [1.165, 1.54) is 7.11 Å². The van der Waals surface area contributed by atoms with E-state index in [4.69, 9.17) is 42.6 Å². The van der Waals surface area contributed by atoms with Crippen LogP contribution >= 0.6 is 23.2 Å². The van der Waals surface area contributed by atoms with E-state index >= 15 is 0 Å². The first-order chi connectivity index (χ1) is 28.5. The Balaban J connectivity index is 0.982. The van der Waals surface area contributed by atoms with Gasteiger partial charge < -0.3 is 34.7 Å². The number of nitrogens with zero attached hydrogens (tertiary/aromatic N) is 6. The fourth-order valence-corrected chi connectivity index (χ4v) is 9.91. The molecule has 316 valence electrons. The number of hydrogen-bond acceptors (Lipinski definition) is 10.